The summed E-state index contributed by atoms with van der Waals surface area (Å²) in [5.41, 5.74) is 0. The van der Waals surface area contributed by atoms with Gasteiger partial charge in [-0.15, -0.1) is 0 Å². The third kappa shape index (κ3) is 3.05. The first-order valence-corrected chi connectivity index (χ1v) is 4.28. The van der Waals surface area contributed by atoms with Crippen LogP contribution in [0.25, 0.3) is 0 Å². The number of hydrogen-bond acceptors (Lipinski definition) is 3. The summed E-state index contributed by atoms with van der Waals surface area (Å²) in [5.74, 6) is 0. The summed E-state index contributed by atoms with van der Waals surface area (Å²) in [7, 11) is 1.66. The minimum atomic E-state index is -0.840. The normalized spacial score (nSPS) is 29.5. The second kappa shape index (κ2) is 5.45. The molecule has 1 saturated heterocycles. The summed E-state index contributed by atoms with van der Waals surface area (Å²) < 4.78 is 22.7. The number of hydrogen-bond donors (Lipinski definition) is 1. The van der Waals surface area contributed by atoms with Crippen molar-refractivity contribution < 1.29 is 13.9 Å². The van der Waals surface area contributed by atoms with Crippen LogP contribution in [0, 0.1) is 0 Å². The first-order valence-electron chi connectivity index (χ1n) is 4.28. The second-order valence-corrected chi connectivity index (χ2v) is 2.96. The zero-order chi connectivity index (χ0) is 8.81. The van der Waals surface area contributed by atoms with E-state index < -0.39 is 6.17 Å². The van der Waals surface area contributed by atoms with Gasteiger partial charge in [0.15, 0.2) is 0 Å². The summed E-state index contributed by atoms with van der Waals surface area (Å²) in [4.78, 5) is 0. The van der Waals surface area contributed by atoms with Gasteiger partial charge in [-0.3, -0.25) is 0 Å². The Morgan fingerprint density at radius 1 is 1.58 bits per heavy atom. The number of alkyl halides is 1. The lowest BCUT2D eigenvalue weighted by Gasteiger charge is -2.12. The van der Waals surface area contributed by atoms with Gasteiger partial charge in [0, 0.05) is 13.7 Å². The fraction of sp³-hybridized carbons (Fsp3) is 1.00. The maximum absolute atomic E-state index is 12.9. The quantitative estimate of drug-likeness (QED) is 0.615. The molecule has 0 aromatic heterocycles. The maximum atomic E-state index is 12.9. The van der Waals surface area contributed by atoms with Gasteiger partial charge in [0.2, 0.25) is 0 Å². The number of halogens is 1. The van der Waals surface area contributed by atoms with Gasteiger partial charge in [0.25, 0.3) is 0 Å². The van der Waals surface area contributed by atoms with Crippen molar-refractivity contribution in [1.29, 1.82) is 0 Å². The van der Waals surface area contributed by atoms with E-state index >= 15 is 0 Å². The van der Waals surface area contributed by atoms with Gasteiger partial charge < -0.3 is 14.8 Å². The van der Waals surface area contributed by atoms with E-state index in [-0.39, 0.29) is 12.6 Å². The molecule has 0 spiro atoms. The Labute approximate surface area is 72.2 Å². The lowest BCUT2D eigenvalue weighted by atomic mass is 10.2. The van der Waals surface area contributed by atoms with E-state index in [1.807, 2.05) is 0 Å². The molecule has 1 aliphatic heterocycles. The predicted octanol–water partition coefficient (Wildman–Crippen LogP) is 0.349. The van der Waals surface area contributed by atoms with Crippen LogP contribution in [0.1, 0.15) is 6.42 Å². The average Bonchev–Trinajstić information content (AvgIpc) is 2.46. The van der Waals surface area contributed by atoms with Gasteiger partial charge in [-0.05, 0) is 13.0 Å². The Morgan fingerprint density at radius 3 is 3.00 bits per heavy atom. The van der Waals surface area contributed by atoms with Crippen LogP contribution >= 0.6 is 0 Å². The first-order chi connectivity index (χ1) is 5.84. The molecule has 0 unspecified atom stereocenters. The minimum Gasteiger partial charge on any atom is -0.385 e. The van der Waals surface area contributed by atoms with E-state index in [1.54, 1.807) is 7.11 Å². The smallest absolute Gasteiger partial charge is 0.141 e. The topological polar surface area (TPSA) is 30.5 Å². The van der Waals surface area contributed by atoms with Crippen molar-refractivity contribution in [2.75, 3.05) is 33.5 Å². The van der Waals surface area contributed by atoms with Crippen LogP contribution in [0.3, 0.4) is 0 Å². The molecule has 1 rings (SSSR count). The third-order valence-electron chi connectivity index (χ3n) is 1.94. The van der Waals surface area contributed by atoms with Crippen LogP contribution in [0.15, 0.2) is 0 Å². The van der Waals surface area contributed by atoms with Gasteiger partial charge in [0.05, 0.1) is 19.3 Å². The molecule has 1 aliphatic rings. The predicted molar refractivity (Wildman–Crippen MR) is 44.0 cm³/mol. The summed E-state index contributed by atoms with van der Waals surface area (Å²) in [5, 5.41) is 3.09. The van der Waals surface area contributed by atoms with Crippen LogP contribution in [-0.4, -0.2) is 45.7 Å². The van der Waals surface area contributed by atoms with E-state index in [0.717, 1.165) is 19.6 Å². The van der Waals surface area contributed by atoms with Gasteiger partial charge in [0.1, 0.15) is 6.17 Å². The third-order valence-corrected chi connectivity index (χ3v) is 1.94. The van der Waals surface area contributed by atoms with Crippen LogP contribution in [0.4, 0.5) is 4.39 Å². The number of methoxy groups -OCH3 is 1. The highest BCUT2D eigenvalue weighted by Gasteiger charge is 2.26. The molecule has 0 aromatic rings. The molecule has 3 nitrogen and oxygen atoms in total. The lowest BCUT2D eigenvalue weighted by Crippen LogP contribution is -2.37. The fourth-order valence-corrected chi connectivity index (χ4v) is 1.22. The molecule has 12 heavy (non-hydrogen) atoms. The minimum absolute atomic E-state index is 0.109. The largest absolute Gasteiger partial charge is 0.385 e. The van der Waals surface area contributed by atoms with Gasteiger partial charge in [-0.2, -0.15) is 0 Å². The van der Waals surface area contributed by atoms with E-state index in [0.29, 0.717) is 6.61 Å². The van der Waals surface area contributed by atoms with Crippen LogP contribution in [0.2, 0.25) is 0 Å². The molecular formula is C8H16FNO2. The molecule has 1 N–H and O–H groups in total. The van der Waals surface area contributed by atoms with Crippen molar-refractivity contribution in [2.24, 2.45) is 0 Å². The van der Waals surface area contributed by atoms with Crippen molar-refractivity contribution in [2.45, 2.75) is 18.6 Å². The summed E-state index contributed by atoms with van der Waals surface area (Å²) in [6, 6.07) is -0.109. The van der Waals surface area contributed by atoms with Gasteiger partial charge in [-0.25, -0.2) is 4.39 Å². The van der Waals surface area contributed by atoms with Crippen molar-refractivity contribution in [3.63, 3.8) is 0 Å². The average molecular weight is 177 g/mol. The molecule has 1 heterocycles. The van der Waals surface area contributed by atoms with Crippen molar-refractivity contribution in [1.82, 2.24) is 5.32 Å². The number of rotatable bonds is 5. The highest BCUT2D eigenvalue weighted by molar-refractivity contribution is 4.80. The molecule has 0 radical (unpaired) electrons. The molecule has 4 heteroatoms. The molecule has 0 saturated carbocycles. The Bertz CT molecular complexity index is 124. The van der Waals surface area contributed by atoms with E-state index in [1.165, 1.54) is 0 Å². The molecule has 0 amide bonds. The maximum Gasteiger partial charge on any atom is 0.141 e. The fourth-order valence-electron chi connectivity index (χ4n) is 1.22. The molecule has 0 aliphatic carbocycles. The SMILES string of the molecule is COCCCN[C@@H]1COC[C@H]1F. The molecule has 0 bridgehead atoms. The van der Waals surface area contributed by atoms with Crippen LogP contribution in [-0.2, 0) is 9.47 Å². The zero-order valence-corrected chi connectivity index (χ0v) is 7.38. The standard InChI is InChI=1S/C8H16FNO2/c1-11-4-2-3-10-8-6-12-5-7(8)9/h7-8,10H,2-6H2,1H3/t7-,8-/m1/s1. The molecule has 0 aromatic carbocycles. The van der Waals surface area contributed by atoms with Gasteiger partial charge in [-0.1, -0.05) is 0 Å². The van der Waals surface area contributed by atoms with Crippen molar-refractivity contribution in [3.8, 4) is 0 Å². The number of ether oxygens (including phenoxy) is 2. The first kappa shape index (κ1) is 9.89. The van der Waals surface area contributed by atoms with E-state index in [4.69, 9.17) is 9.47 Å². The van der Waals surface area contributed by atoms with Gasteiger partial charge >= 0.3 is 0 Å². The summed E-state index contributed by atoms with van der Waals surface area (Å²) >= 11 is 0. The number of nitrogens with one attached hydrogen (secondary N) is 1. The van der Waals surface area contributed by atoms with E-state index in [9.17, 15) is 4.39 Å². The Kier molecular flexibility index (Phi) is 4.50. The Balaban J connectivity index is 1.98. The zero-order valence-electron chi connectivity index (χ0n) is 7.38. The molecular weight excluding hydrogens is 161 g/mol. The molecule has 2 atom stereocenters. The summed E-state index contributed by atoms with van der Waals surface area (Å²) in [6.07, 6.45) is 0.0762. The summed E-state index contributed by atoms with van der Waals surface area (Å²) in [6.45, 7) is 2.25. The monoisotopic (exact) mass is 177 g/mol. The van der Waals surface area contributed by atoms with Crippen molar-refractivity contribution in [3.05, 3.63) is 0 Å². The van der Waals surface area contributed by atoms with E-state index in [2.05, 4.69) is 5.32 Å². The van der Waals surface area contributed by atoms with Crippen LogP contribution < -0.4 is 5.32 Å². The Hall–Kier alpha value is -0.190. The Morgan fingerprint density at radius 2 is 2.42 bits per heavy atom. The second-order valence-electron chi connectivity index (χ2n) is 2.96. The molecule has 1 fully saturated rings. The lowest BCUT2D eigenvalue weighted by molar-refractivity contribution is 0.172. The van der Waals surface area contributed by atoms with Crippen molar-refractivity contribution >= 4 is 0 Å². The highest BCUT2D eigenvalue weighted by Crippen LogP contribution is 2.08. The molecule has 72 valence electrons. The van der Waals surface area contributed by atoms with Crippen LogP contribution in [0.5, 0.6) is 0 Å². The highest BCUT2D eigenvalue weighted by atomic mass is 19.1.